The Kier molecular flexibility index (Phi) is 3.36. The number of nitrogens with one attached hydrogen (secondary N) is 1. The smallest absolute Gasteiger partial charge is 0.153 e. The van der Waals surface area contributed by atoms with Gasteiger partial charge in [0.05, 0.1) is 18.4 Å². The highest BCUT2D eigenvalue weighted by Gasteiger charge is 2.14. The van der Waals surface area contributed by atoms with E-state index >= 15 is 0 Å². The average molecular weight is 279 g/mol. The predicted molar refractivity (Wildman–Crippen MR) is 85.2 cm³/mol. The minimum Gasteiger partial charge on any atom is -0.497 e. The van der Waals surface area contributed by atoms with Gasteiger partial charge in [-0.1, -0.05) is 29.8 Å². The van der Waals surface area contributed by atoms with Gasteiger partial charge in [0.25, 0.3) is 0 Å². The zero-order valence-electron chi connectivity index (χ0n) is 12.1. The van der Waals surface area contributed by atoms with Crippen molar-refractivity contribution in [1.29, 1.82) is 0 Å². The Balaban J connectivity index is 2.09. The lowest BCUT2D eigenvalue weighted by molar-refractivity contribution is 0.415. The minimum atomic E-state index is 0.504. The molecule has 21 heavy (non-hydrogen) atoms. The predicted octanol–water partition coefficient (Wildman–Crippen LogP) is 3.64. The van der Waals surface area contributed by atoms with Gasteiger partial charge in [0.2, 0.25) is 0 Å². The molecule has 0 aliphatic rings. The summed E-state index contributed by atoms with van der Waals surface area (Å²) in [6.45, 7) is 2.06. The summed E-state index contributed by atoms with van der Waals surface area (Å²) in [7, 11) is 1.65. The summed E-state index contributed by atoms with van der Waals surface area (Å²) in [5, 5.41) is 7.18. The van der Waals surface area contributed by atoms with E-state index in [1.165, 1.54) is 5.56 Å². The number of hydrogen-bond acceptors (Lipinski definition) is 3. The lowest BCUT2D eigenvalue weighted by Gasteiger charge is -2.06. The second kappa shape index (κ2) is 5.32. The van der Waals surface area contributed by atoms with Crippen LogP contribution in [0.3, 0.4) is 0 Å². The first-order valence-electron chi connectivity index (χ1n) is 6.74. The number of nitrogen functional groups attached to an aromatic ring is 1. The van der Waals surface area contributed by atoms with Gasteiger partial charge in [-0.05, 0) is 36.8 Å². The molecule has 3 rings (SSSR count). The molecule has 2 aromatic carbocycles. The molecule has 106 valence electrons. The highest BCUT2D eigenvalue weighted by Crippen LogP contribution is 2.35. The van der Waals surface area contributed by atoms with Crippen LogP contribution >= 0.6 is 0 Å². The van der Waals surface area contributed by atoms with Crippen molar-refractivity contribution >= 4 is 5.82 Å². The van der Waals surface area contributed by atoms with Gasteiger partial charge in [-0.2, -0.15) is 5.10 Å². The van der Waals surface area contributed by atoms with Crippen LogP contribution in [0.5, 0.6) is 5.75 Å². The summed E-state index contributed by atoms with van der Waals surface area (Å²) >= 11 is 0. The molecule has 0 spiro atoms. The van der Waals surface area contributed by atoms with Gasteiger partial charge in [-0.25, -0.2) is 0 Å². The van der Waals surface area contributed by atoms with E-state index in [9.17, 15) is 0 Å². The SMILES string of the molecule is COc1ccc(-c2[nH]nc(N)c2-c2ccc(C)cc2)cc1. The Hall–Kier alpha value is -2.75. The molecule has 0 saturated carbocycles. The van der Waals surface area contributed by atoms with Crippen LogP contribution < -0.4 is 10.5 Å². The second-order valence-corrected chi connectivity index (χ2v) is 4.95. The number of nitrogens with two attached hydrogens (primary N) is 1. The molecular formula is C17H17N3O. The first-order valence-corrected chi connectivity index (χ1v) is 6.74. The third-order valence-corrected chi connectivity index (χ3v) is 3.51. The van der Waals surface area contributed by atoms with Crippen LogP contribution in [-0.2, 0) is 0 Å². The monoisotopic (exact) mass is 279 g/mol. The number of nitrogens with zero attached hydrogens (tertiary/aromatic N) is 1. The van der Waals surface area contributed by atoms with Gasteiger partial charge >= 0.3 is 0 Å². The molecule has 3 N–H and O–H groups in total. The average Bonchev–Trinajstić information content (AvgIpc) is 2.90. The van der Waals surface area contributed by atoms with Crippen molar-refractivity contribution in [2.24, 2.45) is 0 Å². The van der Waals surface area contributed by atoms with E-state index in [0.29, 0.717) is 5.82 Å². The van der Waals surface area contributed by atoms with Crippen LogP contribution in [0.15, 0.2) is 48.5 Å². The van der Waals surface area contributed by atoms with E-state index in [-0.39, 0.29) is 0 Å². The van der Waals surface area contributed by atoms with E-state index < -0.39 is 0 Å². The van der Waals surface area contributed by atoms with Crippen molar-refractivity contribution in [3.63, 3.8) is 0 Å². The van der Waals surface area contributed by atoms with Crippen molar-refractivity contribution in [2.45, 2.75) is 6.92 Å². The number of hydrogen-bond donors (Lipinski definition) is 2. The fourth-order valence-corrected chi connectivity index (χ4v) is 2.34. The summed E-state index contributed by atoms with van der Waals surface area (Å²) in [6, 6.07) is 16.1. The Morgan fingerprint density at radius 3 is 2.19 bits per heavy atom. The van der Waals surface area contributed by atoms with E-state index in [2.05, 4.69) is 41.4 Å². The Morgan fingerprint density at radius 1 is 0.952 bits per heavy atom. The lowest BCUT2D eigenvalue weighted by atomic mass is 10.00. The third kappa shape index (κ3) is 2.48. The zero-order chi connectivity index (χ0) is 14.8. The van der Waals surface area contributed by atoms with Crippen LogP contribution in [0.4, 0.5) is 5.82 Å². The van der Waals surface area contributed by atoms with E-state index in [4.69, 9.17) is 10.5 Å². The summed E-state index contributed by atoms with van der Waals surface area (Å²) in [5.74, 6) is 1.33. The molecule has 0 radical (unpaired) electrons. The van der Waals surface area contributed by atoms with Crippen LogP contribution in [0.25, 0.3) is 22.4 Å². The van der Waals surface area contributed by atoms with Crippen LogP contribution in [0.1, 0.15) is 5.56 Å². The molecule has 0 amide bonds. The highest BCUT2D eigenvalue weighted by molar-refractivity contribution is 5.87. The molecular weight excluding hydrogens is 262 g/mol. The molecule has 1 aromatic heterocycles. The summed E-state index contributed by atoms with van der Waals surface area (Å²) in [6.07, 6.45) is 0. The molecule has 0 aliphatic heterocycles. The molecule has 0 atom stereocenters. The maximum Gasteiger partial charge on any atom is 0.153 e. The Labute approximate surface area is 123 Å². The molecule has 1 heterocycles. The standard InChI is InChI=1S/C17H17N3O/c1-11-3-5-12(6-4-11)15-16(19-20-17(15)18)13-7-9-14(21-2)10-8-13/h3-10H,1-2H3,(H3,18,19,20). The van der Waals surface area contributed by atoms with Gasteiger partial charge in [0.15, 0.2) is 5.82 Å². The first-order chi connectivity index (χ1) is 10.2. The Bertz CT molecular complexity index is 743. The number of methoxy groups -OCH3 is 1. The second-order valence-electron chi connectivity index (χ2n) is 4.95. The topological polar surface area (TPSA) is 63.9 Å². The van der Waals surface area contributed by atoms with Crippen LogP contribution in [0.2, 0.25) is 0 Å². The first kappa shape index (κ1) is 13.2. The minimum absolute atomic E-state index is 0.504. The quantitative estimate of drug-likeness (QED) is 0.769. The maximum absolute atomic E-state index is 6.04. The molecule has 0 unspecified atom stereocenters. The van der Waals surface area contributed by atoms with Crippen molar-refractivity contribution in [3.05, 3.63) is 54.1 Å². The molecule has 0 bridgehead atoms. The largest absolute Gasteiger partial charge is 0.497 e. The number of aryl methyl sites for hydroxylation is 1. The fourth-order valence-electron chi connectivity index (χ4n) is 2.34. The molecule has 4 nitrogen and oxygen atoms in total. The fraction of sp³-hybridized carbons (Fsp3) is 0.118. The highest BCUT2D eigenvalue weighted by atomic mass is 16.5. The number of H-pyrrole nitrogens is 1. The number of ether oxygens (including phenoxy) is 1. The van der Waals surface area contributed by atoms with Crippen molar-refractivity contribution in [1.82, 2.24) is 10.2 Å². The van der Waals surface area contributed by atoms with E-state index in [1.54, 1.807) is 7.11 Å². The summed E-state index contributed by atoms with van der Waals surface area (Å²) in [4.78, 5) is 0. The van der Waals surface area contributed by atoms with Crippen molar-refractivity contribution < 1.29 is 4.74 Å². The number of rotatable bonds is 3. The maximum atomic E-state index is 6.04. The summed E-state index contributed by atoms with van der Waals surface area (Å²) < 4.78 is 5.19. The normalized spacial score (nSPS) is 10.6. The molecule has 0 saturated heterocycles. The van der Waals surface area contributed by atoms with Crippen LogP contribution in [0, 0.1) is 6.92 Å². The zero-order valence-corrected chi connectivity index (χ0v) is 12.1. The number of aromatic amines is 1. The van der Waals surface area contributed by atoms with Crippen LogP contribution in [-0.4, -0.2) is 17.3 Å². The van der Waals surface area contributed by atoms with E-state index in [0.717, 1.165) is 28.1 Å². The van der Waals surface area contributed by atoms with Gasteiger partial charge in [0, 0.05) is 5.56 Å². The molecule has 4 heteroatoms. The van der Waals surface area contributed by atoms with Gasteiger partial charge in [-0.15, -0.1) is 0 Å². The number of benzene rings is 2. The van der Waals surface area contributed by atoms with Gasteiger partial charge in [0.1, 0.15) is 5.75 Å². The molecule has 0 aliphatic carbocycles. The van der Waals surface area contributed by atoms with Crippen molar-refractivity contribution in [3.8, 4) is 28.1 Å². The third-order valence-electron chi connectivity index (χ3n) is 3.51. The van der Waals surface area contributed by atoms with Gasteiger partial charge < -0.3 is 10.5 Å². The molecule has 0 fully saturated rings. The number of aromatic nitrogens is 2. The lowest BCUT2D eigenvalue weighted by Crippen LogP contribution is -1.89. The van der Waals surface area contributed by atoms with Crippen molar-refractivity contribution in [2.75, 3.05) is 12.8 Å². The Morgan fingerprint density at radius 2 is 1.57 bits per heavy atom. The number of anilines is 1. The van der Waals surface area contributed by atoms with E-state index in [1.807, 2.05) is 24.3 Å². The van der Waals surface area contributed by atoms with Gasteiger partial charge in [-0.3, -0.25) is 5.10 Å². The summed E-state index contributed by atoms with van der Waals surface area (Å²) in [5.41, 5.74) is 11.2. The molecule has 3 aromatic rings.